The zero-order valence-electron chi connectivity index (χ0n) is 21.3. The van der Waals surface area contributed by atoms with Crippen LogP contribution in [0.2, 0.25) is 0 Å². The topological polar surface area (TPSA) is 111 Å². The Bertz CT molecular complexity index is 1210. The predicted octanol–water partition coefficient (Wildman–Crippen LogP) is 3.21. The van der Waals surface area contributed by atoms with E-state index >= 15 is 0 Å². The molecule has 11 nitrogen and oxygen atoms in total. The summed E-state index contributed by atoms with van der Waals surface area (Å²) in [5.74, 6) is 1.51. The third-order valence-corrected chi connectivity index (χ3v) is 6.43. The summed E-state index contributed by atoms with van der Waals surface area (Å²) in [7, 11) is 1.59. The first kappa shape index (κ1) is 24.7. The predicted molar refractivity (Wildman–Crippen MR) is 133 cm³/mol. The summed E-state index contributed by atoms with van der Waals surface area (Å²) in [6.07, 6.45) is -1.39. The highest BCUT2D eigenvalue weighted by Gasteiger charge is 2.45. The number of ether oxygens (including phenoxy) is 4. The van der Waals surface area contributed by atoms with Crippen molar-refractivity contribution < 1.29 is 33.3 Å². The molecule has 2 aromatic rings. The molecule has 3 amide bonds. The standard InChI is InChI=1S/C26H30N4O7/c1-26(2,3)37-24(32)28-12-17-13-29(25(33)36-20(17)14-28)21-10-9-19-23(27-21)30(22(31)15-35-19)11-16-5-7-18(34-4)8-6-16/h5-10,17,20H,11-15H2,1-4H3/t17-,20-/m0/s1. The Morgan fingerprint density at radius 2 is 1.84 bits per heavy atom. The molecule has 2 fully saturated rings. The number of rotatable bonds is 4. The van der Waals surface area contributed by atoms with E-state index in [0.29, 0.717) is 30.5 Å². The lowest BCUT2D eigenvalue weighted by molar-refractivity contribution is -0.121. The van der Waals surface area contributed by atoms with E-state index in [2.05, 4.69) is 4.98 Å². The molecule has 196 valence electrons. The fraction of sp³-hybridized carbons (Fsp3) is 0.462. The second-order valence-electron chi connectivity index (χ2n) is 10.3. The molecule has 0 unspecified atom stereocenters. The molecule has 1 aromatic carbocycles. The highest BCUT2D eigenvalue weighted by Crippen LogP contribution is 2.36. The van der Waals surface area contributed by atoms with Crippen LogP contribution in [0.1, 0.15) is 26.3 Å². The average Bonchev–Trinajstić information content (AvgIpc) is 3.27. The van der Waals surface area contributed by atoms with Crippen molar-refractivity contribution in [1.29, 1.82) is 0 Å². The van der Waals surface area contributed by atoms with Crippen LogP contribution in [0.15, 0.2) is 36.4 Å². The first-order chi connectivity index (χ1) is 17.6. The minimum atomic E-state index is -0.613. The Morgan fingerprint density at radius 3 is 2.54 bits per heavy atom. The molecule has 3 aliphatic heterocycles. The SMILES string of the molecule is COc1ccc(CN2C(=O)COc3ccc(N4C[C@@H]5CN(C(=O)OC(C)(C)C)C[C@@H]5OC4=O)nc32)cc1. The van der Waals surface area contributed by atoms with Crippen LogP contribution in [0.4, 0.5) is 21.2 Å². The number of hydrogen-bond donors (Lipinski definition) is 0. The van der Waals surface area contributed by atoms with Gasteiger partial charge in [0.25, 0.3) is 5.91 Å². The van der Waals surface area contributed by atoms with Gasteiger partial charge in [0.2, 0.25) is 0 Å². The summed E-state index contributed by atoms with van der Waals surface area (Å²) < 4.78 is 21.9. The molecule has 2 atom stereocenters. The first-order valence-corrected chi connectivity index (χ1v) is 12.1. The number of fused-ring (bicyclic) bond motifs is 2. The average molecular weight is 511 g/mol. The van der Waals surface area contributed by atoms with E-state index in [4.69, 9.17) is 18.9 Å². The number of nitrogens with zero attached hydrogens (tertiary/aromatic N) is 4. The molecular weight excluding hydrogens is 480 g/mol. The maximum atomic E-state index is 12.9. The van der Waals surface area contributed by atoms with Crippen LogP contribution >= 0.6 is 0 Å². The molecule has 3 aliphatic rings. The molecule has 0 saturated carbocycles. The zero-order chi connectivity index (χ0) is 26.3. The van der Waals surface area contributed by atoms with Gasteiger partial charge in [-0.2, -0.15) is 0 Å². The van der Waals surface area contributed by atoms with Crippen molar-refractivity contribution in [2.75, 3.05) is 43.2 Å². The minimum absolute atomic E-state index is 0.0970. The van der Waals surface area contributed by atoms with Crippen molar-refractivity contribution in [1.82, 2.24) is 9.88 Å². The van der Waals surface area contributed by atoms with Crippen LogP contribution in [0.25, 0.3) is 0 Å². The molecule has 2 saturated heterocycles. The second kappa shape index (κ2) is 9.45. The molecule has 0 bridgehead atoms. The van der Waals surface area contributed by atoms with Crippen LogP contribution in [-0.4, -0.2) is 73.0 Å². The first-order valence-electron chi connectivity index (χ1n) is 12.1. The van der Waals surface area contributed by atoms with Crippen LogP contribution in [-0.2, 0) is 20.8 Å². The quantitative estimate of drug-likeness (QED) is 0.617. The van der Waals surface area contributed by atoms with Gasteiger partial charge in [-0.25, -0.2) is 14.6 Å². The van der Waals surface area contributed by atoms with Gasteiger partial charge in [0.1, 0.15) is 23.3 Å². The van der Waals surface area contributed by atoms with Gasteiger partial charge in [0.05, 0.1) is 20.2 Å². The van der Waals surface area contributed by atoms with E-state index in [1.165, 1.54) is 4.90 Å². The van der Waals surface area contributed by atoms with Crippen LogP contribution in [0.5, 0.6) is 11.5 Å². The number of benzene rings is 1. The zero-order valence-corrected chi connectivity index (χ0v) is 21.3. The molecule has 0 spiro atoms. The van der Waals surface area contributed by atoms with E-state index in [-0.39, 0.29) is 31.5 Å². The number of hydrogen-bond acceptors (Lipinski definition) is 8. The normalized spacial score (nSPS) is 21.1. The summed E-state index contributed by atoms with van der Waals surface area (Å²) in [6, 6.07) is 10.8. The molecule has 37 heavy (non-hydrogen) atoms. The molecule has 0 N–H and O–H groups in total. The third kappa shape index (κ3) is 5.11. The van der Waals surface area contributed by atoms with Gasteiger partial charge in [0.15, 0.2) is 18.2 Å². The fourth-order valence-corrected chi connectivity index (χ4v) is 4.61. The van der Waals surface area contributed by atoms with E-state index < -0.39 is 23.9 Å². The number of methoxy groups -OCH3 is 1. The number of amides is 3. The Hall–Kier alpha value is -4.02. The van der Waals surface area contributed by atoms with E-state index in [1.54, 1.807) is 29.0 Å². The number of aromatic nitrogens is 1. The fourth-order valence-electron chi connectivity index (χ4n) is 4.61. The van der Waals surface area contributed by atoms with Crippen LogP contribution < -0.4 is 19.3 Å². The van der Waals surface area contributed by atoms with Crippen molar-refractivity contribution in [3.63, 3.8) is 0 Å². The Balaban J connectivity index is 1.34. The molecule has 5 rings (SSSR count). The van der Waals surface area contributed by atoms with E-state index in [1.807, 2.05) is 45.0 Å². The lowest BCUT2D eigenvalue weighted by Gasteiger charge is -2.34. The lowest BCUT2D eigenvalue weighted by atomic mass is 10.0. The third-order valence-electron chi connectivity index (χ3n) is 6.43. The number of likely N-dealkylation sites (tertiary alicyclic amines) is 1. The Labute approximate surface area is 214 Å². The summed E-state index contributed by atoms with van der Waals surface area (Å²) in [4.78, 5) is 47.4. The van der Waals surface area contributed by atoms with Gasteiger partial charge in [-0.05, 0) is 50.6 Å². The number of carbonyl (C=O) groups excluding carboxylic acids is 3. The highest BCUT2D eigenvalue weighted by atomic mass is 16.6. The largest absolute Gasteiger partial charge is 0.497 e. The van der Waals surface area contributed by atoms with Crippen LogP contribution in [0, 0.1) is 5.92 Å². The van der Waals surface area contributed by atoms with E-state index in [9.17, 15) is 14.4 Å². The number of anilines is 2. The van der Waals surface area contributed by atoms with Crippen molar-refractivity contribution in [3.05, 3.63) is 42.0 Å². The summed E-state index contributed by atoms with van der Waals surface area (Å²) in [5.41, 5.74) is 0.278. The summed E-state index contributed by atoms with van der Waals surface area (Å²) >= 11 is 0. The smallest absolute Gasteiger partial charge is 0.415 e. The highest BCUT2D eigenvalue weighted by molar-refractivity contribution is 5.97. The van der Waals surface area contributed by atoms with Gasteiger partial charge < -0.3 is 23.8 Å². The molecule has 1 aromatic heterocycles. The summed E-state index contributed by atoms with van der Waals surface area (Å²) in [5, 5.41) is 0. The maximum absolute atomic E-state index is 12.9. The maximum Gasteiger partial charge on any atom is 0.415 e. The molecule has 4 heterocycles. The Morgan fingerprint density at radius 1 is 1.08 bits per heavy atom. The van der Waals surface area contributed by atoms with Gasteiger partial charge in [0, 0.05) is 19.0 Å². The lowest BCUT2D eigenvalue weighted by Crippen LogP contribution is -2.48. The van der Waals surface area contributed by atoms with Crippen LogP contribution in [0.3, 0.4) is 0 Å². The molecular formula is C26H30N4O7. The molecule has 0 radical (unpaired) electrons. The van der Waals surface area contributed by atoms with Crippen molar-refractivity contribution in [2.45, 2.75) is 39.0 Å². The second-order valence-corrected chi connectivity index (χ2v) is 10.3. The van der Waals surface area contributed by atoms with Crippen molar-refractivity contribution in [2.24, 2.45) is 5.92 Å². The van der Waals surface area contributed by atoms with Crippen molar-refractivity contribution >= 4 is 29.7 Å². The van der Waals surface area contributed by atoms with Crippen molar-refractivity contribution in [3.8, 4) is 11.5 Å². The van der Waals surface area contributed by atoms with Gasteiger partial charge >= 0.3 is 12.2 Å². The Kier molecular flexibility index (Phi) is 6.30. The molecule has 0 aliphatic carbocycles. The monoisotopic (exact) mass is 510 g/mol. The minimum Gasteiger partial charge on any atom is -0.497 e. The van der Waals surface area contributed by atoms with Gasteiger partial charge in [-0.1, -0.05) is 12.1 Å². The molecule has 11 heteroatoms. The van der Waals surface area contributed by atoms with Gasteiger partial charge in [-0.3, -0.25) is 14.6 Å². The van der Waals surface area contributed by atoms with E-state index in [0.717, 1.165) is 11.3 Å². The number of carbonyl (C=O) groups is 3. The van der Waals surface area contributed by atoms with Gasteiger partial charge in [-0.15, -0.1) is 0 Å². The number of pyridine rings is 1. The summed E-state index contributed by atoms with van der Waals surface area (Å²) in [6.45, 7) is 6.63.